The van der Waals surface area contributed by atoms with Gasteiger partial charge in [-0.25, -0.2) is 0 Å². The molecule has 4 rings (SSSR count). The Morgan fingerprint density at radius 1 is 1.31 bits per heavy atom. The SMILES string of the molecule is COc1cc2c(cc1/C=C1/SC(=S)N(CCC3CCCC3)C1=O)OCO2. The Kier molecular flexibility index (Phi) is 5.09. The zero-order valence-corrected chi connectivity index (χ0v) is 16.3. The van der Waals surface area contributed by atoms with Crippen LogP contribution in [0.3, 0.4) is 0 Å². The number of hydrogen-bond donors (Lipinski definition) is 0. The largest absolute Gasteiger partial charge is 0.496 e. The van der Waals surface area contributed by atoms with E-state index in [1.807, 2.05) is 12.1 Å². The third-order valence-electron chi connectivity index (χ3n) is 5.12. The molecule has 0 bridgehead atoms. The second-order valence-electron chi connectivity index (χ2n) is 6.72. The van der Waals surface area contributed by atoms with Crippen molar-refractivity contribution in [3.8, 4) is 17.2 Å². The van der Waals surface area contributed by atoms with Gasteiger partial charge >= 0.3 is 0 Å². The van der Waals surface area contributed by atoms with E-state index < -0.39 is 0 Å². The highest BCUT2D eigenvalue weighted by Crippen LogP contribution is 2.41. The van der Waals surface area contributed by atoms with Crippen molar-refractivity contribution >= 4 is 40.3 Å². The number of nitrogens with zero attached hydrogens (tertiary/aromatic N) is 1. The lowest BCUT2D eigenvalue weighted by molar-refractivity contribution is -0.122. The van der Waals surface area contributed by atoms with E-state index in [1.54, 1.807) is 18.1 Å². The zero-order valence-electron chi connectivity index (χ0n) is 14.7. The number of hydrogen-bond acceptors (Lipinski definition) is 6. The molecule has 1 aromatic carbocycles. The van der Waals surface area contributed by atoms with Gasteiger partial charge in [0, 0.05) is 18.2 Å². The molecule has 1 amide bonds. The van der Waals surface area contributed by atoms with Gasteiger partial charge in [-0.2, -0.15) is 0 Å². The number of thiocarbonyl (C=S) groups is 1. The molecule has 1 saturated carbocycles. The Morgan fingerprint density at radius 3 is 2.77 bits per heavy atom. The summed E-state index contributed by atoms with van der Waals surface area (Å²) in [6.07, 6.45) is 8.04. The molecule has 3 aliphatic rings. The topological polar surface area (TPSA) is 48.0 Å². The minimum atomic E-state index is -0.0160. The molecule has 2 heterocycles. The number of thioether (sulfide) groups is 1. The average molecular weight is 392 g/mol. The zero-order chi connectivity index (χ0) is 18.1. The van der Waals surface area contributed by atoms with Crippen LogP contribution in [0, 0.1) is 5.92 Å². The lowest BCUT2D eigenvalue weighted by Crippen LogP contribution is -2.30. The number of ether oxygens (including phenoxy) is 3. The van der Waals surface area contributed by atoms with E-state index in [9.17, 15) is 4.79 Å². The maximum Gasteiger partial charge on any atom is 0.266 e. The fraction of sp³-hybridized carbons (Fsp3) is 0.474. The highest BCUT2D eigenvalue weighted by molar-refractivity contribution is 8.26. The summed E-state index contributed by atoms with van der Waals surface area (Å²) < 4.78 is 16.9. The first kappa shape index (κ1) is 17.7. The Labute approximate surface area is 162 Å². The summed E-state index contributed by atoms with van der Waals surface area (Å²) >= 11 is 6.80. The number of amides is 1. The molecule has 1 aromatic rings. The number of rotatable bonds is 5. The number of carbonyl (C=O) groups excluding carboxylic acids is 1. The molecule has 1 saturated heterocycles. The van der Waals surface area contributed by atoms with Gasteiger partial charge in [0.1, 0.15) is 10.1 Å². The summed E-state index contributed by atoms with van der Waals surface area (Å²) in [6, 6.07) is 3.63. The standard InChI is InChI=1S/C19H21NO4S2/c1-22-14-10-16-15(23-11-24-16)8-13(14)9-17-18(21)20(19(25)26-17)7-6-12-4-2-3-5-12/h8-10,12H,2-7,11H2,1H3/b17-9+. The van der Waals surface area contributed by atoms with Crippen molar-refractivity contribution in [3.63, 3.8) is 0 Å². The fourth-order valence-corrected chi connectivity index (χ4v) is 4.97. The van der Waals surface area contributed by atoms with Crippen molar-refractivity contribution in [3.05, 3.63) is 22.6 Å². The molecular formula is C19H21NO4S2. The Bertz CT molecular complexity index is 771. The van der Waals surface area contributed by atoms with Crippen LogP contribution in [0.5, 0.6) is 17.2 Å². The van der Waals surface area contributed by atoms with Gasteiger partial charge in [-0.3, -0.25) is 9.69 Å². The van der Waals surface area contributed by atoms with Crippen LogP contribution in [-0.2, 0) is 4.79 Å². The lowest BCUT2D eigenvalue weighted by atomic mass is 10.0. The minimum absolute atomic E-state index is 0.0160. The molecule has 0 unspecified atom stereocenters. The first-order valence-electron chi connectivity index (χ1n) is 8.88. The first-order chi connectivity index (χ1) is 12.7. The Balaban J connectivity index is 1.52. The van der Waals surface area contributed by atoms with Crippen LogP contribution in [0.25, 0.3) is 6.08 Å². The molecule has 0 atom stereocenters. The van der Waals surface area contributed by atoms with Crippen molar-refractivity contribution in [1.29, 1.82) is 0 Å². The predicted octanol–water partition coefficient (Wildman–Crippen LogP) is 4.21. The molecule has 0 N–H and O–H groups in total. The number of carbonyl (C=O) groups is 1. The minimum Gasteiger partial charge on any atom is -0.496 e. The monoisotopic (exact) mass is 391 g/mol. The fourth-order valence-electron chi connectivity index (χ4n) is 3.67. The summed E-state index contributed by atoms with van der Waals surface area (Å²) in [4.78, 5) is 15.2. The van der Waals surface area contributed by atoms with Gasteiger partial charge in [0.25, 0.3) is 5.91 Å². The van der Waals surface area contributed by atoms with Crippen molar-refractivity contribution in [2.45, 2.75) is 32.1 Å². The molecule has 7 heteroatoms. The molecular weight excluding hydrogens is 370 g/mol. The molecule has 0 aromatic heterocycles. The maximum absolute atomic E-state index is 12.8. The van der Waals surface area contributed by atoms with Gasteiger partial charge in [0.2, 0.25) is 6.79 Å². The van der Waals surface area contributed by atoms with Crippen molar-refractivity contribution in [2.75, 3.05) is 20.4 Å². The molecule has 0 radical (unpaired) electrons. The third-order valence-corrected chi connectivity index (χ3v) is 6.50. The van der Waals surface area contributed by atoms with E-state index in [2.05, 4.69) is 0 Å². The quantitative estimate of drug-likeness (QED) is 0.554. The van der Waals surface area contributed by atoms with Gasteiger partial charge in [-0.05, 0) is 24.5 Å². The molecule has 5 nitrogen and oxygen atoms in total. The lowest BCUT2D eigenvalue weighted by Gasteiger charge is -2.17. The van der Waals surface area contributed by atoms with E-state index in [0.717, 1.165) is 17.9 Å². The molecule has 0 spiro atoms. The van der Waals surface area contributed by atoms with E-state index in [1.165, 1.54) is 37.4 Å². The summed E-state index contributed by atoms with van der Waals surface area (Å²) in [6.45, 7) is 0.913. The van der Waals surface area contributed by atoms with Crippen molar-refractivity contribution in [1.82, 2.24) is 4.90 Å². The van der Waals surface area contributed by atoms with Crippen LogP contribution in [0.15, 0.2) is 17.0 Å². The van der Waals surface area contributed by atoms with Crippen LogP contribution < -0.4 is 14.2 Å². The van der Waals surface area contributed by atoms with E-state index in [-0.39, 0.29) is 12.7 Å². The summed E-state index contributed by atoms with van der Waals surface area (Å²) in [7, 11) is 1.60. The molecule has 26 heavy (non-hydrogen) atoms. The predicted molar refractivity (Wildman–Crippen MR) is 106 cm³/mol. The van der Waals surface area contributed by atoms with Crippen LogP contribution in [0.1, 0.15) is 37.7 Å². The van der Waals surface area contributed by atoms with Gasteiger partial charge < -0.3 is 14.2 Å². The third kappa shape index (κ3) is 3.42. The van der Waals surface area contributed by atoms with Crippen molar-refractivity contribution in [2.24, 2.45) is 5.92 Å². The first-order valence-corrected chi connectivity index (χ1v) is 10.1. The highest BCUT2D eigenvalue weighted by Gasteiger charge is 2.33. The van der Waals surface area contributed by atoms with Crippen LogP contribution in [-0.4, -0.2) is 35.6 Å². The normalized spacial score (nSPS) is 21.3. The second kappa shape index (κ2) is 7.48. The summed E-state index contributed by atoms with van der Waals surface area (Å²) in [5.41, 5.74) is 0.785. The van der Waals surface area contributed by atoms with Crippen LogP contribution in [0.2, 0.25) is 0 Å². The van der Waals surface area contributed by atoms with Gasteiger partial charge in [0.05, 0.1) is 12.0 Å². The van der Waals surface area contributed by atoms with Crippen molar-refractivity contribution < 1.29 is 19.0 Å². The number of methoxy groups -OCH3 is 1. The number of fused-ring (bicyclic) bond motifs is 1. The summed E-state index contributed by atoms with van der Waals surface area (Å²) in [5, 5.41) is 0. The van der Waals surface area contributed by atoms with E-state index in [0.29, 0.717) is 33.0 Å². The molecule has 2 aliphatic heterocycles. The van der Waals surface area contributed by atoms with Gasteiger partial charge in [-0.15, -0.1) is 0 Å². The molecule has 2 fully saturated rings. The molecule has 1 aliphatic carbocycles. The second-order valence-corrected chi connectivity index (χ2v) is 8.40. The van der Waals surface area contributed by atoms with Gasteiger partial charge in [-0.1, -0.05) is 49.7 Å². The van der Waals surface area contributed by atoms with E-state index in [4.69, 9.17) is 26.4 Å². The highest BCUT2D eigenvalue weighted by atomic mass is 32.2. The van der Waals surface area contributed by atoms with Gasteiger partial charge in [0.15, 0.2) is 11.5 Å². The number of benzene rings is 1. The van der Waals surface area contributed by atoms with Crippen LogP contribution >= 0.6 is 24.0 Å². The average Bonchev–Trinajstić information content (AvgIpc) is 3.35. The summed E-state index contributed by atoms with van der Waals surface area (Å²) in [5.74, 6) is 2.68. The van der Waals surface area contributed by atoms with Crippen LogP contribution in [0.4, 0.5) is 0 Å². The Hall–Kier alpha value is -1.73. The maximum atomic E-state index is 12.8. The molecule has 138 valence electrons. The smallest absolute Gasteiger partial charge is 0.266 e. The van der Waals surface area contributed by atoms with E-state index >= 15 is 0 Å². The Morgan fingerprint density at radius 2 is 2.04 bits per heavy atom.